The molecule has 0 saturated carbocycles. The molecular weight excluding hydrogens is 124 g/mol. The Bertz CT molecular complexity index is 91.4. The number of hydrogen-bond acceptors (Lipinski definition) is 1. The summed E-state index contributed by atoms with van der Waals surface area (Å²) in [6.07, 6.45) is 12.1. The third kappa shape index (κ3) is 7.52. The lowest BCUT2D eigenvalue weighted by atomic mass is 10.1. The largest absolute Gasteiger partial charge is 0.385 e. The van der Waals surface area contributed by atoms with Crippen LogP contribution in [0.15, 0.2) is 0 Å². The average molecular weight is 139 g/mol. The maximum Gasteiger partial charge on any atom is 0.0462 e. The molecule has 57 valence electrons. The van der Waals surface area contributed by atoms with Crippen LogP contribution in [-0.2, 0) is 4.74 Å². The molecule has 0 bridgehead atoms. The van der Waals surface area contributed by atoms with Crippen LogP contribution in [0.5, 0.6) is 0 Å². The summed E-state index contributed by atoms with van der Waals surface area (Å²) in [4.78, 5) is 0. The molecule has 0 aliphatic rings. The highest BCUT2D eigenvalue weighted by molar-refractivity contribution is 4.74. The van der Waals surface area contributed by atoms with Crippen molar-refractivity contribution in [3.63, 3.8) is 0 Å². The van der Waals surface area contributed by atoms with Gasteiger partial charge in [-0.1, -0.05) is 18.8 Å². The summed E-state index contributed by atoms with van der Waals surface area (Å²) >= 11 is 0. The molecule has 0 atom stereocenters. The maximum absolute atomic E-state index is 6.64. The number of methoxy groups -OCH3 is 1. The molecule has 0 aromatic carbocycles. The summed E-state index contributed by atoms with van der Waals surface area (Å²) < 4.78 is 4.90. The van der Waals surface area contributed by atoms with Gasteiger partial charge in [0.1, 0.15) is 0 Å². The average Bonchev–Trinajstić information content (AvgIpc) is 1.97. The SMILES string of the molecule is [C]#CCCCCCCOC. The number of hydrogen-bond donors (Lipinski definition) is 0. The van der Waals surface area contributed by atoms with Gasteiger partial charge in [0.2, 0.25) is 0 Å². The molecule has 0 aliphatic carbocycles. The molecule has 1 radical (unpaired) electrons. The number of ether oxygens (including phenoxy) is 1. The van der Waals surface area contributed by atoms with Crippen LogP contribution in [0.1, 0.15) is 32.1 Å². The summed E-state index contributed by atoms with van der Waals surface area (Å²) in [6, 6.07) is 0. The van der Waals surface area contributed by atoms with Gasteiger partial charge in [-0.25, -0.2) is 0 Å². The smallest absolute Gasteiger partial charge is 0.0462 e. The topological polar surface area (TPSA) is 9.23 Å². The molecule has 0 spiro atoms. The van der Waals surface area contributed by atoms with Gasteiger partial charge in [0.15, 0.2) is 0 Å². The molecule has 0 aromatic rings. The van der Waals surface area contributed by atoms with Crippen molar-refractivity contribution in [1.82, 2.24) is 0 Å². The first-order valence-corrected chi connectivity index (χ1v) is 3.80. The van der Waals surface area contributed by atoms with E-state index in [0.29, 0.717) is 0 Å². The van der Waals surface area contributed by atoms with Gasteiger partial charge < -0.3 is 4.74 Å². The van der Waals surface area contributed by atoms with Crippen LogP contribution in [0.4, 0.5) is 0 Å². The summed E-state index contributed by atoms with van der Waals surface area (Å²) in [5, 5.41) is 0. The minimum absolute atomic E-state index is 0.812. The van der Waals surface area contributed by atoms with Gasteiger partial charge in [-0.3, -0.25) is 0 Å². The molecule has 0 rings (SSSR count). The van der Waals surface area contributed by atoms with Gasteiger partial charge in [-0.15, -0.1) is 0 Å². The summed E-state index contributed by atoms with van der Waals surface area (Å²) in [7, 11) is 1.73. The highest BCUT2D eigenvalue weighted by atomic mass is 16.5. The van der Waals surface area contributed by atoms with Gasteiger partial charge >= 0.3 is 0 Å². The number of unbranched alkanes of at least 4 members (excludes halogenated alkanes) is 4. The van der Waals surface area contributed by atoms with Crippen molar-refractivity contribution in [2.45, 2.75) is 32.1 Å². The zero-order valence-electron chi connectivity index (χ0n) is 6.65. The standard InChI is InChI=1S/C9H15O/c1-3-4-5-6-7-8-9-10-2/h4-9H2,2H3. The molecule has 0 aromatic heterocycles. The van der Waals surface area contributed by atoms with Crippen molar-refractivity contribution in [1.29, 1.82) is 0 Å². The van der Waals surface area contributed by atoms with Crippen LogP contribution in [0.2, 0.25) is 0 Å². The van der Waals surface area contributed by atoms with E-state index in [9.17, 15) is 0 Å². The summed E-state index contributed by atoms with van der Waals surface area (Å²) in [6.45, 7) is 0.869. The Kier molecular flexibility index (Phi) is 8.11. The van der Waals surface area contributed by atoms with Gasteiger partial charge in [-0.05, 0) is 19.3 Å². The molecule has 0 amide bonds. The summed E-state index contributed by atoms with van der Waals surface area (Å²) in [5.74, 6) is 2.38. The summed E-state index contributed by atoms with van der Waals surface area (Å²) in [5.41, 5.74) is 0. The Morgan fingerprint density at radius 2 is 1.90 bits per heavy atom. The first kappa shape index (κ1) is 9.52. The Hall–Kier alpha value is -0.480. The monoisotopic (exact) mass is 139 g/mol. The first-order chi connectivity index (χ1) is 4.91. The van der Waals surface area contributed by atoms with E-state index in [-0.39, 0.29) is 0 Å². The number of rotatable bonds is 6. The highest BCUT2D eigenvalue weighted by Gasteiger charge is 1.86. The van der Waals surface area contributed by atoms with E-state index in [0.717, 1.165) is 25.9 Å². The Morgan fingerprint density at radius 3 is 2.50 bits per heavy atom. The highest BCUT2D eigenvalue weighted by Crippen LogP contribution is 2.01. The molecule has 1 nitrogen and oxygen atoms in total. The van der Waals surface area contributed by atoms with Crippen molar-refractivity contribution in [3.8, 4) is 5.92 Å². The van der Waals surface area contributed by atoms with Crippen molar-refractivity contribution >= 4 is 0 Å². The molecule has 0 aliphatic heterocycles. The van der Waals surface area contributed by atoms with Gasteiger partial charge in [-0.2, -0.15) is 0 Å². The minimum atomic E-state index is 0.812. The molecule has 10 heavy (non-hydrogen) atoms. The van der Waals surface area contributed by atoms with Gasteiger partial charge in [0.25, 0.3) is 0 Å². The second-order valence-corrected chi connectivity index (χ2v) is 2.33. The Morgan fingerprint density at radius 1 is 1.20 bits per heavy atom. The Balaban J connectivity index is 2.72. The molecule has 0 saturated heterocycles. The normalized spacial score (nSPS) is 9.20. The quantitative estimate of drug-likeness (QED) is 0.405. The second kappa shape index (κ2) is 8.52. The lowest BCUT2D eigenvalue weighted by molar-refractivity contribution is 0.192. The van der Waals surface area contributed by atoms with Crippen molar-refractivity contribution in [3.05, 3.63) is 6.42 Å². The van der Waals surface area contributed by atoms with Crippen LogP contribution in [0.3, 0.4) is 0 Å². The molecule has 0 unspecified atom stereocenters. The predicted molar refractivity (Wildman–Crippen MR) is 42.1 cm³/mol. The van der Waals surface area contributed by atoms with Crippen LogP contribution in [-0.4, -0.2) is 13.7 Å². The zero-order chi connectivity index (χ0) is 7.66. The van der Waals surface area contributed by atoms with Crippen LogP contribution < -0.4 is 0 Å². The van der Waals surface area contributed by atoms with Gasteiger partial charge in [0, 0.05) is 20.1 Å². The molecule has 0 N–H and O–H groups in total. The van der Waals surface area contributed by atoms with Crippen molar-refractivity contribution < 1.29 is 4.74 Å². The van der Waals surface area contributed by atoms with Crippen LogP contribution >= 0.6 is 0 Å². The minimum Gasteiger partial charge on any atom is -0.385 e. The van der Waals surface area contributed by atoms with Gasteiger partial charge in [0.05, 0.1) is 0 Å². The van der Waals surface area contributed by atoms with Crippen molar-refractivity contribution in [2.75, 3.05) is 13.7 Å². The lowest BCUT2D eigenvalue weighted by Gasteiger charge is -1.96. The fraction of sp³-hybridized carbons (Fsp3) is 0.778. The predicted octanol–water partition coefficient (Wildman–Crippen LogP) is 2.17. The van der Waals surface area contributed by atoms with Crippen molar-refractivity contribution in [2.24, 2.45) is 0 Å². The maximum atomic E-state index is 6.64. The van der Waals surface area contributed by atoms with E-state index < -0.39 is 0 Å². The fourth-order valence-electron chi connectivity index (χ4n) is 0.813. The van der Waals surface area contributed by atoms with E-state index >= 15 is 0 Å². The third-order valence-corrected chi connectivity index (χ3v) is 1.40. The second-order valence-electron chi connectivity index (χ2n) is 2.33. The first-order valence-electron chi connectivity index (χ1n) is 3.80. The zero-order valence-corrected chi connectivity index (χ0v) is 6.65. The van der Waals surface area contributed by atoms with E-state index in [1.165, 1.54) is 12.8 Å². The van der Waals surface area contributed by atoms with Crippen LogP contribution in [0.25, 0.3) is 0 Å². The molecule has 0 fully saturated rings. The third-order valence-electron chi connectivity index (χ3n) is 1.40. The molecular formula is C9H15O. The molecule has 0 heterocycles. The lowest BCUT2D eigenvalue weighted by Crippen LogP contribution is -1.87. The van der Waals surface area contributed by atoms with E-state index in [1.807, 2.05) is 0 Å². The van der Waals surface area contributed by atoms with E-state index in [1.54, 1.807) is 7.11 Å². The fourth-order valence-corrected chi connectivity index (χ4v) is 0.813. The molecule has 1 heteroatoms. The van der Waals surface area contributed by atoms with E-state index in [2.05, 4.69) is 5.92 Å². The Labute approximate surface area is 63.8 Å². The van der Waals surface area contributed by atoms with Crippen LogP contribution in [0, 0.1) is 12.3 Å². The van der Waals surface area contributed by atoms with E-state index in [4.69, 9.17) is 11.2 Å².